The largest absolute Gasteiger partial charge is 0.322 e. The number of benzene rings is 1. The molecular weight excluding hydrogens is 266 g/mol. The molecule has 2 nitrogen and oxygen atoms in total. The zero-order chi connectivity index (χ0) is 12.0. The van der Waals surface area contributed by atoms with Gasteiger partial charge in [0.05, 0.1) is 0 Å². The van der Waals surface area contributed by atoms with Crippen LogP contribution in [0.5, 0.6) is 0 Å². The molecule has 0 aromatic heterocycles. The van der Waals surface area contributed by atoms with Gasteiger partial charge in [0.2, 0.25) is 5.91 Å². The van der Waals surface area contributed by atoms with Crippen molar-refractivity contribution >= 4 is 27.5 Å². The summed E-state index contributed by atoms with van der Waals surface area (Å²) in [5.74, 6) is -0.129. The Morgan fingerprint density at radius 1 is 1.31 bits per heavy atom. The monoisotopic (exact) mass is 279 g/mol. The summed E-state index contributed by atoms with van der Waals surface area (Å²) in [6.45, 7) is 3.88. The molecule has 1 amide bonds. The third-order valence-electron chi connectivity index (χ3n) is 1.86. The Balaban J connectivity index is 2.69. The molecule has 0 aliphatic heterocycles. The molecule has 0 unspecified atom stereocenters. The highest BCUT2D eigenvalue weighted by Crippen LogP contribution is 2.18. The average molecular weight is 280 g/mol. The fourth-order valence-electron chi connectivity index (χ4n) is 1.25. The number of nitrogens with one attached hydrogen (secondary N) is 1. The first-order chi connectivity index (χ1) is 7.61. The minimum atomic E-state index is -0.129. The molecule has 0 radical (unpaired) electrons. The van der Waals surface area contributed by atoms with Crippen LogP contribution in [0.3, 0.4) is 0 Å². The van der Waals surface area contributed by atoms with Crippen LogP contribution in [-0.4, -0.2) is 5.91 Å². The van der Waals surface area contributed by atoms with Crippen LogP contribution in [-0.2, 0) is 4.79 Å². The second-order valence-corrected chi connectivity index (χ2v) is 4.31. The molecule has 0 bridgehead atoms. The summed E-state index contributed by atoms with van der Waals surface area (Å²) in [5, 5.41) is 2.79. The number of hydrogen-bond acceptors (Lipinski definition) is 1. The Hall–Kier alpha value is -1.35. The molecule has 0 heterocycles. The van der Waals surface area contributed by atoms with E-state index < -0.39 is 0 Å². The van der Waals surface area contributed by atoms with E-state index in [1.165, 1.54) is 6.08 Å². The third kappa shape index (κ3) is 4.45. The van der Waals surface area contributed by atoms with Crippen LogP contribution >= 0.6 is 15.9 Å². The first kappa shape index (κ1) is 12.7. The van der Waals surface area contributed by atoms with Crippen molar-refractivity contribution in [2.24, 2.45) is 0 Å². The van der Waals surface area contributed by atoms with E-state index in [2.05, 4.69) is 21.2 Å². The van der Waals surface area contributed by atoms with Crippen LogP contribution in [0.25, 0.3) is 0 Å². The molecule has 0 atom stereocenters. The molecule has 0 saturated carbocycles. The SMILES string of the molecule is CC=CC=CC(=O)Nc1cc(C)cc(Br)c1. The molecule has 0 saturated heterocycles. The van der Waals surface area contributed by atoms with Crippen LogP contribution in [0.1, 0.15) is 12.5 Å². The molecule has 0 aliphatic carbocycles. The predicted octanol–water partition coefficient (Wildman–Crippen LogP) is 3.83. The van der Waals surface area contributed by atoms with Gasteiger partial charge in [0.1, 0.15) is 0 Å². The van der Waals surface area contributed by atoms with Gasteiger partial charge in [-0.25, -0.2) is 0 Å². The minimum Gasteiger partial charge on any atom is -0.322 e. The van der Waals surface area contributed by atoms with Crippen LogP contribution in [0.4, 0.5) is 5.69 Å². The summed E-state index contributed by atoms with van der Waals surface area (Å²) in [7, 11) is 0. The lowest BCUT2D eigenvalue weighted by atomic mass is 10.2. The van der Waals surface area contributed by atoms with E-state index in [9.17, 15) is 4.79 Å². The van der Waals surface area contributed by atoms with E-state index >= 15 is 0 Å². The molecular formula is C13H14BrNO. The van der Waals surface area contributed by atoms with Gasteiger partial charge in [-0.05, 0) is 37.6 Å². The van der Waals surface area contributed by atoms with Gasteiger partial charge in [0.15, 0.2) is 0 Å². The smallest absolute Gasteiger partial charge is 0.248 e. The summed E-state index contributed by atoms with van der Waals surface area (Å²) in [5.41, 5.74) is 1.89. The van der Waals surface area contributed by atoms with Crippen molar-refractivity contribution in [1.82, 2.24) is 0 Å². The number of aryl methyl sites for hydroxylation is 1. The average Bonchev–Trinajstić information content (AvgIpc) is 2.16. The van der Waals surface area contributed by atoms with E-state index in [0.717, 1.165) is 15.7 Å². The maximum Gasteiger partial charge on any atom is 0.248 e. The lowest BCUT2D eigenvalue weighted by molar-refractivity contribution is -0.111. The zero-order valence-corrected chi connectivity index (χ0v) is 10.9. The Labute approximate surface area is 104 Å². The van der Waals surface area contributed by atoms with E-state index in [-0.39, 0.29) is 5.91 Å². The minimum absolute atomic E-state index is 0.129. The molecule has 16 heavy (non-hydrogen) atoms. The highest BCUT2D eigenvalue weighted by atomic mass is 79.9. The second-order valence-electron chi connectivity index (χ2n) is 3.39. The topological polar surface area (TPSA) is 29.1 Å². The molecule has 3 heteroatoms. The number of carbonyl (C=O) groups excluding carboxylic acids is 1. The van der Waals surface area contributed by atoms with Gasteiger partial charge in [-0.2, -0.15) is 0 Å². The Morgan fingerprint density at radius 3 is 2.69 bits per heavy atom. The van der Waals surface area contributed by atoms with Gasteiger partial charge in [-0.15, -0.1) is 0 Å². The van der Waals surface area contributed by atoms with E-state index in [1.807, 2.05) is 44.2 Å². The van der Waals surface area contributed by atoms with Crippen LogP contribution in [0.15, 0.2) is 47.0 Å². The summed E-state index contributed by atoms with van der Waals surface area (Å²) in [4.78, 5) is 11.5. The molecule has 1 aromatic carbocycles. The quantitative estimate of drug-likeness (QED) is 0.661. The first-order valence-corrected chi connectivity index (χ1v) is 5.78. The highest BCUT2D eigenvalue weighted by Gasteiger charge is 1.99. The summed E-state index contributed by atoms with van der Waals surface area (Å²) in [6.07, 6.45) is 6.88. The molecule has 1 rings (SSSR count). The maximum absolute atomic E-state index is 11.5. The van der Waals surface area contributed by atoms with Crippen molar-refractivity contribution in [3.8, 4) is 0 Å². The number of allylic oxidation sites excluding steroid dienone is 3. The fourth-order valence-corrected chi connectivity index (χ4v) is 1.85. The van der Waals surface area contributed by atoms with Crippen molar-refractivity contribution in [3.05, 3.63) is 52.5 Å². The molecule has 0 aliphatic rings. The zero-order valence-electron chi connectivity index (χ0n) is 9.33. The molecule has 0 fully saturated rings. The van der Waals surface area contributed by atoms with Crippen LogP contribution < -0.4 is 5.32 Å². The van der Waals surface area contributed by atoms with Crippen molar-refractivity contribution < 1.29 is 4.79 Å². The van der Waals surface area contributed by atoms with E-state index in [1.54, 1.807) is 6.08 Å². The number of rotatable bonds is 3. The standard InChI is InChI=1S/C13H14BrNO/c1-3-4-5-6-13(16)15-12-8-10(2)7-11(14)9-12/h3-9H,1-2H3,(H,15,16). The molecule has 1 aromatic rings. The second kappa shape index (κ2) is 6.28. The van der Waals surface area contributed by atoms with Gasteiger partial charge < -0.3 is 5.32 Å². The van der Waals surface area contributed by atoms with Crippen molar-refractivity contribution in [2.75, 3.05) is 5.32 Å². The number of hydrogen-bond donors (Lipinski definition) is 1. The summed E-state index contributed by atoms with van der Waals surface area (Å²) >= 11 is 3.39. The van der Waals surface area contributed by atoms with E-state index in [0.29, 0.717) is 0 Å². The number of anilines is 1. The lowest BCUT2D eigenvalue weighted by Gasteiger charge is -2.04. The number of amides is 1. The Bertz CT molecular complexity index is 415. The normalized spacial score (nSPS) is 11.2. The predicted molar refractivity (Wildman–Crippen MR) is 71.5 cm³/mol. The van der Waals surface area contributed by atoms with E-state index in [4.69, 9.17) is 0 Å². The highest BCUT2D eigenvalue weighted by molar-refractivity contribution is 9.10. The molecule has 84 valence electrons. The molecule has 1 N–H and O–H groups in total. The lowest BCUT2D eigenvalue weighted by Crippen LogP contribution is -2.07. The van der Waals surface area contributed by atoms with Crippen LogP contribution in [0, 0.1) is 6.92 Å². The van der Waals surface area contributed by atoms with Gasteiger partial charge in [-0.1, -0.05) is 34.2 Å². The van der Waals surface area contributed by atoms with Crippen molar-refractivity contribution in [2.45, 2.75) is 13.8 Å². The fraction of sp³-hybridized carbons (Fsp3) is 0.154. The first-order valence-electron chi connectivity index (χ1n) is 4.99. The Kier molecular flexibility index (Phi) is 4.99. The number of halogens is 1. The Morgan fingerprint density at radius 2 is 2.06 bits per heavy atom. The number of carbonyl (C=O) groups is 1. The van der Waals surface area contributed by atoms with Crippen LogP contribution in [0.2, 0.25) is 0 Å². The summed E-state index contributed by atoms with van der Waals surface area (Å²) < 4.78 is 0.959. The van der Waals surface area contributed by atoms with Gasteiger partial charge >= 0.3 is 0 Å². The van der Waals surface area contributed by atoms with Gasteiger partial charge in [0, 0.05) is 16.2 Å². The van der Waals surface area contributed by atoms with Crippen molar-refractivity contribution in [3.63, 3.8) is 0 Å². The summed E-state index contributed by atoms with van der Waals surface area (Å²) in [6, 6.07) is 5.78. The van der Waals surface area contributed by atoms with Crippen molar-refractivity contribution in [1.29, 1.82) is 0 Å². The molecule has 0 spiro atoms. The third-order valence-corrected chi connectivity index (χ3v) is 2.32. The van der Waals surface area contributed by atoms with Gasteiger partial charge in [0.25, 0.3) is 0 Å². The maximum atomic E-state index is 11.5. The van der Waals surface area contributed by atoms with Gasteiger partial charge in [-0.3, -0.25) is 4.79 Å².